The molecule has 21 heavy (non-hydrogen) atoms. The molecule has 0 saturated carbocycles. The fraction of sp³-hybridized carbons (Fsp3) is 0.368. The van der Waals surface area contributed by atoms with Gasteiger partial charge in [0.25, 0.3) is 0 Å². The molecule has 2 N–H and O–H groups in total. The van der Waals surface area contributed by atoms with Crippen molar-refractivity contribution in [2.45, 2.75) is 45.4 Å². The van der Waals surface area contributed by atoms with E-state index in [1.807, 2.05) is 0 Å². The minimum atomic E-state index is 0.131. The predicted octanol–water partition coefficient (Wildman–Crippen LogP) is 4.62. The number of aryl methyl sites for hydroxylation is 3. The van der Waals surface area contributed by atoms with Crippen molar-refractivity contribution in [2.24, 2.45) is 0 Å². The average Bonchev–Trinajstić information content (AvgIpc) is 2.44. The summed E-state index contributed by atoms with van der Waals surface area (Å²) in [5.41, 5.74) is 3.77. The summed E-state index contributed by atoms with van der Waals surface area (Å²) in [5, 5.41) is 18.9. The first-order chi connectivity index (χ1) is 10.2. The molecule has 2 heteroatoms. The molecule has 2 rings (SSSR count). The first kappa shape index (κ1) is 15.4. The van der Waals surface area contributed by atoms with Crippen LogP contribution in [0.1, 0.15) is 42.9 Å². The van der Waals surface area contributed by atoms with Crippen LogP contribution in [0.2, 0.25) is 0 Å². The molecule has 0 aromatic heterocycles. The van der Waals surface area contributed by atoms with Crippen LogP contribution in [0.4, 0.5) is 0 Å². The minimum absolute atomic E-state index is 0.131. The van der Waals surface area contributed by atoms with E-state index < -0.39 is 0 Å². The summed E-state index contributed by atoms with van der Waals surface area (Å²) in [7, 11) is 0. The maximum Gasteiger partial charge on any atom is 0.119 e. The van der Waals surface area contributed by atoms with Gasteiger partial charge in [-0.15, -0.1) is 0 Å². The molecular formula is C19H24O2. The maximum atomic E-state index is 9.47. The zero-order valence-electron chi connectivity index (χ0n) is 12.7. The summed E-state index contributed by atoms with van der Waals surface area (Å²) < 4.78 is 0. The second-order valence-corrected chi connectivity index (χ2v) is 5.63. The quantitative estimate of drug-likeness (QED) is 0.779. The standard InChI is InChI=1S/C19H24O2/c1-2-3-6-15-7-4-8-16(11-15)9-5-10-17-12-18(20)14-19(21)13-17/h4,7-8,11-14,20-21H,2-3,5-6,9-10H2,1H3. The smallest absolute Gasteiger partial charge is 0.119 e. The molecule has 0 aliphatic carbocycles. The number of phenolic OH excluding ortho intramolecular Hbond substituents is 2. The second kappa shape index (κ2) is 7.72. The van der Waals surface area contributed by atoms with E-state index >= 15 is 0 Å². The van der Waals surface area contributed by atoms with Crippen LogP contribution in [-0.4, -0.2) is 10.2 Å². The Morgan fingerprint density at radius 2 is 1.29 bits per heavy atom. The fourth-order valence-corrected chi connectivity index (χ4v) is 2.62. The van der Waals surface area contributed by atoms with Crippen LogP contribution >= 0.6 is 0 Å². The summed E-state index contributed by atoms with van der Waals surface area (Å²) in [6.07, 6.45) is 6.53. The van der Waals surface area contributed by atoms with Gasteiger partial charge in [0.2, 0.25) is 0 Å². The monoisotopic (exact) mass is 284 g/mol. The fourth-order valence-electron chi connectivity index (χ4n) is 2.62. The normalized spacial score (nSPS) is 10.7. The number of unbranched alkanes of at least 4 members (excludes halogenated alkanes) is 1. The van der Waals surface area contributed by atoms with Crippen molar-refractivity contribution >= 4 is 0 Å². The lowest BCUT2D eigenvalue weighted by Gasteiger charge is -2.06. The highest BCUT2D eigenvalue weighted by Gasteiger charge is 2.01. The third-order valence-electron chi connectivity index (χ3n) is 3.70. The first-order valence-corrected chi connectivity index (χ1v) is 7.77. The lowest BCUT2D eigenvalue weighted by atomic mass is 10.0. The predicted molar refractivity (Wildman–Crippen MR) is 86.9 cm³/mol. The highest BCUT2D eigenvalue weighted by Crippen LogP contribution is 2.22. The Balaban J connectivity index is 1.88. The molecule has 2 nitrogen and oxygen atoms in total. The topological polar surface area (TPSA) is 40.5 Å². The maximum absolute atomic E-state index is 9.47. The minimum Gasteiger partial charge on any atom is -0.508 e. The van der Waals surface area contributed by atoms with Crippen LogP contribution in [0.5, 0.6) is 11.5 Å². The molecular weight excluding hydrogens is 260 g/mol. The molecule has 0 aliphatic heterocycles. The molecule has 0 radical (unpaired) electrons. The van der Waals surface area contributed by atoms with Crippen molar-refractivity contribution in [3.63, 3.8) is 0 Å². The van der Waals surface area contributed by atoms with Crippen LogP contribution in [0.3, 0.4) is 0 Å². The number of benzene rings is 2. The second-order valence-electron chi connectivity index (χ2n) is 5.63. The van der Waals surface area contributed by atoms with Crippen LogP contribution in [0.15, 0.2) is 42.5 Å². The third-order valence-corrected chi connectivity index (χ3v) is 3.70. The molecule has 0 fully saturated rings. The lowest BCUT2D eigenvalue weighted by molar-refractivity contribution is 0.449. The van der Waals surface area contributed by atoms with Gasteiger partial charge >= 0.3 is 0 Å². The summed E-state index contributed by atoms with van der Waals surface area (Å²) in [4.78, 5) is 0. The van der Waals surface area contributed by atoms with Crippen molar-refractivity contribution in [2.75, 3.05) is 0 Å². The SMILES string of the molecule is CCCCc1cccc(CCCc2cc(O)cc(O)c2)c1. The van der Waals surface area contributed by atoms with E-state index in [1.165, 1.54) is 30.0 Å². The Morgan fingerprint density at radius 3 is 1.90 bits per heavy atom. The Bertz CT molecular complexity index is 555. The lowest BCUT2D eigenvalue weighted by Crippen LogP contribution is -1.92. The molecule has 0 unspecified atom stereocenters. The van der Waals surface area contributed by atoms with Gasteiger partial charge in [-0.1, -0.05) is 37.6 Å². The van der Waals surface area contributed by atoms with Gasteiger partial charge in [-0.25, -0.2) is 0 Å². The summed E-state index contributed by atoms with van der Waals surface area (Å²) in [5.74, 6) is 0.262. The van der Waals surface area contributed by atoms with Gasteiger partial charge in [0.05, 0.1) is 0 Å². The highest BCUT2D eigenvalue weighted by atomic mass is 16.3. The molecule has 0 spiro atoms. The number of hydrogen-bond acceptors (Lipinski definition) is 2. The summed E-state index contributed by atoms with van der Waals surface area (Å²) in [6.45, 7) is 2.22. The van der Waals surface area contributed by atoms with Crippen molar-refractivity contribution in [3.05, 3.63) is 59.2 Å². The molecule has 0 aliphatic rings. The molecule has 0 saturated heterocycles. The van der Waals surface area contributed by atoms with Gasteiger partial charge in [0, 0.05) is 6.07 Å². The Hall–Kier alpha value is -1.96. The largest absolute Gasteiger partial charge is 0.508 e. The van der Waals surface area contributed by atoms with Gasteiger partial charge in [-0.05, 0) is 60.9 Å². The van der Waals surface area contributed by atoms with E-state index in [-0.39, 0.29) is 11.5 Å². The Labute approximate surface area is 127 Å². The van der Waals surface area contributed by atoms with Crippen LogP contribution in [-0.2, 0) is 19.3 Å². The van der Waals surface area contributed by atoms with Crippen molar-refractivity contribution in [1.29, 1.82) is 0 Å². The summed E-state index contributed by atoms with van der Waals surface area (Å²) in [6, 6.07) is 13.6. The summed E-state index contributed by atoms with van der Waals surface area (Å²) >= 11 is 0. The van der Waals surface area contributed by atoms with E-state index in [0.717, 1.165) is 31.2 Å². The number of hydrogen-bond donors (Lipinski definition) is 2. The van der Waals surface area contributed by atoms with Crippen LogP contribution in [0.25, 0.3) is 0 Å². The average molecular weight is 284 g/mol. The van der Waals surface area contributed by atoms with Gasteiger partial charge < -0.3 is 10.2 Å². The van der Waals surface area contributed by atoms with E-state index in [0.29, 0.717) is 0 Å². The number of rotatable bonds is 7. The third kappa shape index (κ3) is 5.14. The number of phenols is 2. The van der Waals surface area contributed by atoms with Crippen molar-refractivity contribution < 1.29 is 10.2 Å². The van der Waals surface area contributed by atoms with Crippen molar-refractivity contribution in [1.82, 2.24) is 0 Å². The van der Waals surface area contributed by atoms with Gasteiger partial charge in [0.15, 0.2) is 0 Å². The van der Waals surface area contributed by atoms with E-state index in [4.69, 9.17) is 0 Å². The number of aromatic hydroxyl groups is 2. The zero-order chi connectivity index (χ0) is 15.1. The first-order valence-electron chi connectivity index (χ1n) is 7.77. The van der Waals surface area contributed by atoms with Crippen molar-refractivity contribution in [3.8, 4) is 11.5 Å². The molecule has 2 aromatic rings. The van der Waals surface area contributed by atoms with Gasteiger partial charge in [0.1, 0.15) is 11.5 Å². The molecule has 112 valence electrons. The van der Waals surface area contributed by atoms with E-state index in [2.05, 4.69) is 31.2 Å². The molecule has 0 heterocycles. The van der Waals surface area contributed by atoms with Gasteiger partial charge in [-0.3, -0.25) is 0 Å². The van der Waals surface area contributed by atoms with Crippen LogP contribution in [0, 0.1) is 0 Å². The highest BCUT2D eigenvalue weighted by molar-refractivity contribution is 5.36. The molecule has 0 bridgehead atoms. The molecule has 2 aromatic carbocycles. The Morgan fingerprint density at radius 1 is 0.714 bits per heavy atom. The molecule has 0 atom stereocenters. The Kier molecular flexibility index (Phi) is 5.68. The van der Waals surface area contributed by atoms with Crippen LogP contribution < -0.4 is 0 Å². The van der Waals surface area contributed by atoms with E-state index in [1.54, 1.807) is 12.1 Å². The molecule has 0 amide bonds. The zero-order valence-corrected chi connectivity index (χ0v) is 12.7. The van der Waals surface area contributed by atoms with E-state index in [9.17, 15) is 10.2 Å². The van der Waals surface area contributed by atoms with Gasteiger partial charge in [-0.2, -0.15) is 0 Å².